The van der Waals surface area contributed by atoms with Crippen LogP contribution in [0, 0.1) is 0 Å². The number of nitrogens with zero attached hydrogens (tertiary/aromatic N) is 1. The number of hydrogen-bond donors (Lipinski definition) is 1. The maximum absolute atomic E-state index is 13.7. The molecule has 0 saturated heterocycles. The molecule has 2 heterocycles. The summed E-state index contributed by atoms with van der Waals surface area (Å²) in [6.07, 6.45) is 4.29. The zero-order valence-corrected chi connectivity index (χ0v) is 18.2. The van der Waals surface area contributed by atoms with E-state index in [1.165, 1.54) is 0 Å². The van der Waals surface area contributed by atoms with Crippen molar-refractivity contribution in [3.8, 4) is 0 Å². The molecule has 0 radical (unpaired) electrons. The molecule has 1 aliphatic heterocycles. The second-order valence-electron chi connectivity index (χ2n) is 8.38. The van der Waals surface area contributed by atoms with Gasteiger partial charge in [-0.2, -0.15) is 0 Å². The molecule has 4 nitrogen and oxygen atoms in total. The average Bonchev–Trinajstić information content (AvgIpc) is 3.52. The van der Waals surface area contributed by atoms with Gasteiger partial charge in [-0.25, -0.2) is 0 Å². The molecule has 0 bridgehead atoms. The number of benzene rings is 2. The summed E-state index contributed by atoms with van der Waals surface area (Å²) in [5.41, 5.74) is 2.57. The van der Waals surface area contributed by atoms with E-state index in [-0.39, 0.29) is 23.9 Å². The fraction of sp³-hybridized carbons (Fsp3) is 0.308. The van der Waals surface area contributed by atoms with Crippen LogP contribution >= 0.6 is 11.3 Å². The number of nitrogens with one attached hydrogen (secondary N) is 1. The third-order valence-electron chi connectivity index (χ3n) is 6.52. The van der Waals surface area contributed by atoms with Gasteiger partial charge in [0.25, 0.3) is 5.91 Å². The largest absolute Gasteiger partial charge is 0.351 e. The molecule has 2 aromatic carbocycles. The lowest BCUT2D eigenvalue weighted by atomic mass is 9.80. The van der Waals surface area contributed by atoms with Gasteiger partial charge in [-0.15, -0.1) is 11.3 Å². The lowest BCUT2D eigenvalue weighted by Gasteiger charge is -2.44. The predicted octanol–water partition coefficient (Wildman–Crippen LogP) is 5.29. The Labute approximate surface area is 186 Å². The molecule has 1 saturated carbocycles. The average molecular weight is 431 g/mol. The minimum absolute atomic E-state index is 0.0230. The Bertz CT molecular complexity index is 1060. The number of rotatable bonds is 5. The SMILES string of the molecule is O=C(NCc1ccccc1)[C@@H]1c2ccccc2C(=O)N(C2CCCC2)[C@H]1c1cccs1. The lowest BCUT2D eigenvalue weighted by molar-refractivity contribution is -0.124. The van der Waals surface area contributed by atoms with Crippen molar-refractivity contribution < 1.29 is 9.59 Å². The highest BCUT2D eigenvalue weighted by Gasteiger charge is 2.47. The van der Waals surface area contributed by atoms with E-state index in [1.54, 1.807) is 11.3 Å². The van der Waals surface area contributed by atoms with Gasteiger partial charge in [0, 0.05) is 23.0 Å². The highest BCUT2D eigenvalue weighted by molar-refractivity contribution is 7.10. The quantitative estimate of drug-likeness (QED) is 0.598. The highest BCUT2D eigenvalue weighted by Crippen LogP contribution is 2.47. The van der Waals surface area contributed by atoms with E-state index in [0.717, 1.165) is 41.7 Å². The summed E-state index contributed by atoms with van der Waals surface area (Å²) in [7, 11) is 0. The van der Waals surface area contributed by atoms with Gasteiger partial charge in [-0.1, -0.05) is 67.4 Å². The Morgan fingerprint density at radius 2 is 1.71 bits per heavy atom. The van der Waals surface area contributed by atoms with Crippen LogP contribution in [0.2, 0.25) is 0 Å². The van der Waals surface area contributed by atoms with Crippen molar-refractivity contribution in [2.45, 2.75) is 50.2 Å². The summed E-state index contributed by atoms with van der Waals surface area (Å²) >= 11 is 1.63. The number of carbonyl (C=O) groups excluding carboxylic acids is 2. The zero-order chi connectivity index (χ0) is 21.2. The first kappa shape index (κ1) is 20.0. The molecule has 2 atom stereocenters. The van der Waals surface area contributed by atoms with Gasteiger partial charge in [0.15, 0.2) is 0 Å². The van der Waals surface area contributed by atoms with E-state index in [2.05, 4.69) is 11.4 Å². The minimum Gasteiger partial charge on any atom is -0.351 e. The van der Waals surface area contributed by atoms with Gasteiger partial charge < -0.3 is 10.2 Å². The fourth-order valence-electron chi connectivity index (χ4n) is 5.07. The van der Waals surface area contributed by atoms with Gasteiger partial charge in [0.05, 0.1) is 12.0 Å². The van der Waals surface area contributed by atoms with E-state index in [4.69, 9.17) is 0 Å². The number of amides is 2. The van der Waals surface area contributed by atoms with Crippen LogP contribution in [0.25, 0.3) is 0 Å². The molecule has 5 rings (SSSR count). The van der Waals surface area contributed by atoms with Crippen LogP contribution in [-0.2, 0) is 11.3 Å². The summed E-state index contributed by atoms with van der Waals surface area (Å²) in [6.45, 7) is 0.479. The Morgan fingerprint density at radius 3 is 2.45 bits per heavy atom. The molecule has 0 unspecified atom stereocenters. The fourth-order valence-corrected chi connectivity index (χ4v) is 5.94. The molecule has 2 aliphatic rings. The Hall–Kier alpha value is -2.92. The predicted molar refractivity (Wildman–Crippen MR) is 123 cm³/mol. The molecule has 1 aliphatic carbocycles. The van der Waals surface area contributed by atoms with Crippen LogP contribution < -0.4 is 5.32 Å². The van der Waals surface area contributed by atoms with Gasteiger partial charge in [0.1, 0.15) is 0 Å². The van der Waals surface area contributed by atoms with Crippen molar-refractivity contribution in [1.82, 2.24) is 10.2 Å². The summed E-state index contributed by atoms with van der Waals surface area (Å²) in [5.74, 6) is -0.380. The zero-order valence-electron chi connectivity index (χ0n) is 17.4. The van der Waals surface area contributed by atoms with Crippen LogP contribution in [0.3, 0.4) is 0 Å². The third-order valence-corrected chi connectivity index (χ3v) is 7.46. The molecule has 3 aromatic rings. The van der Waals surface area contributed by atoms with Gasteiger partial charge in [0.2, 0.25) is 5.91 Å². The topological polar surface area (TPSA) is 49.4 Å². The molecule has 1 aromatic heterocycles. The molecule has 0 spiro atoms. The summed E-state index contributed by atoms with van der Waals surface area (Å²) < 4.78 is 0. The van der Waals surface area contributed by atoms with E-state index < -0.39 is 5.92 Å². The molecule has 1 fully saturated rings. The second kappa shape index (κ2) is 8.67. The number of carbonyl (C=O) groups is 2. The van der Waals surface area contributed by atoms with Gasteiger partial charge in [-0.3, -0.25) is 9.59 Å². The van der Waals surface area contributed by atoms with Crippen LogP contribution in [0.1, 0.15) is 64.0 Å². The number of thiophene rings is 1. The Balaban J connectivity index is 1.56. The molecule has 1 N–H and O–H groups in total. The van der Waals surface area contributed by atoms with E-state index in [0.29, 0.717) is 12.1 Å². The van der Waals surface area contributed by atoms with E-state index >= 15 is 0 Å². The molecule has 5 heteroatoms. The van der Waals surface area contributed by atoms with Crippen molar-refractivity contribution in [3.05, 3.63) is 93.7 Å². The standard InChI is InChI=1S/C26H26N2O2S/c29-25(27-17-18-9-2-1-3-10-18)23-20-13-6-7-14-21(20)26(30)28(19-11-4-5-12-19)24(23)22-15-8-16-31-22/h1-3,6-10,13-16,19,23-24H,4-5,11-12,17H2,(H,27,29)/t23-,24+/m1/s1. The smallest absolute Gasteiger partial charge is 0.254 e. The van der Waals surface area contributed by atoms with Crippen LogP contribution in [-0.4, -0.2) is 22.8 Å². The number of fused-ring (bicyclic) bond motifs is 1. The van der Waals surface area contributed by atoms with Gasteiger partial charge >= 0.3 is 0 Å². The van der Waals surface area contributed by atoms with Crippen LogP contribution in [0.4, 0.5) is 0 Å². The first-order valence-electron chi connectivity index (χ1n) is 11.0. The van der Waals surface area contributed by atoms with E-state index in [9.17, 15) is 9.59 Å². The highest BCUT2D eigenvalue weighted by atomic mass is 32.1. The van der Waals surface area contributed by atoms with Crippen molar-refractivity contribution >= 4 is 23.2 Å². The Morgan fingerprint density at radius 1 is 0.968 bits per heavy atom. The molecule has 2 amide bonds. The van der Waals surface area contributed by atoms with E-state index in [1.807, 2.05) is 70.9 Å². The monoisotopic (exact) mass is 430 g/mol. The lowest BCUT2D eigenvalue weighted by Crippen LogP contribution is -2.50. The second-order valence-corrected chi connectivity index (χ2v) is 9.36. The first-order valence-corrected chi connectivity index (χ1v) is 11.9. The van der Waals surface area contributed by atoms with Crippen LogP contribution in [0.15, 0.2) is 72.1 Å². The number of hydrogen-bond acceptors (Lipinski definition) is 3. The molecule has 158 valence electrons. The normalized spacial score (nSPS) is 21.2. The minimum atomic E-state index is -0.420. The van der Waals surface area contributed by atoms with Gasteiger partial charge in [-0.05, 0) is 41.5 Å². The maximum atomic E-state index is 13.7. The van der Waals surface area contributed by atoms with Crippen molar-refractivity contribution in [1.29, 1.82) is 0 Å². The molecular weight excluding hydrogens is 404 g/mol. The molecule has 31 heavy (non-hydrogen) atoms. The maximum Gasteiger partial charge on any atom is 0.254 e. The Kier molecular flexibility index (Phi) is 5.60. The van der Waals surface area contributed by atoms with Crippen molar-refractivity contribution in [3.63, 3.8) is 0 Å². The van der Waals surface area contributed by atoms with Crippen molar-refractivity contribution in [2.24, 2.45) is 0 Å². The van der Waals surface area contributed by atoms with Crippen molar-refractivity contribution in [2.75, 3.05) is 0 Å². The summed E-state index contributed by atoms with van der Waals surface area (Å²) in [4.78, 5) is 30.4. The third kappa shape index (κ3) is 3.79. The summed E-state index contributed by atoms with van der Waals surface area (Å²) in [5, 5.41) is 5.19. The van der Waals surface area contributed by atoms with Crippen LogP contribution in [0.5, 0.6) is 0 Å². The molecular formula is C26H26N2O2S. The summed E-state index contributed by atoms with van der Waals surface area (Å²) in [6, 6.07) is 21.6. The first-order chi connectivity index (χ1) is 15.2.